The molecule has 2 aliphatic rings. The maximum absolute atomic E-state index is 13.0. The Morgan fingerprint density at radius 3 is 2.00 bits per heavy atom. The molecule has 0 aromatic rings. The number of carbonyl (C=O) groups is 1. The molecular weight excluding hydrogens is 241 g/mol. The minimum Gasteiger partial charge on any atom is -0.299 e. The summed E-state index contributed by atoms with van der Waals surface area (Å²) in [5.74, 6) is -2.30. The van der Waals surface area contributed by atoms with Crippen LogP contribution in [0.15, 0.2) is 0 Å². The van der Waals surface area contributed by atoms with Gasteiger partial charge in [0.2, 0.25) is 0 Å². The lowest BCUT2D eigenvalue weighted by Crippen LogP contribution is -2.40. The smallest absolute Gasteiger partial charge is 0.299 e. The molecular formula is C14H21F3O. The van der Waals surface area contributed by atoms with Gasteiger partial charge in [0.15, 0.2) is 0 Å². The molecule has 2 atom stereocenters. The third kappa shape index (κ3) is 3.07. The van der Waals surface area contributed by atoms with Crippen molar-refractivity contribution in [1.29, 1.82) is 0 Å². The van der Waals surface area contributed by atoms with Crippen LogP contribution < -0.4 is 0 Å². The molecule has 0 bridgehead atoms. The fourth-order valence-corrected chi connectivity index (χ4v) is 3.55. The molecule has 0 aromatic carbocycles. The summed E-state index contributed by atoms with van der Waals surface area (Å²) in [7, 11) is 0. The fraction of sp³-hybridized carbons (Fsp3) is 0.929. The van der Waals surface area contributed by atoms with E-state index in [-0.39, 0.29) is 18.1 Å². The van der Waals surface area contributed by atoms with Crippen molar-refractivity contribution in [2.24, 2.45) is 17.8 Å². The zero-order valence-electron chi connectivity index (χ0n) is 10.6. The Bertz CT molecular complexity index is 292. The molecule has 0 heterocycles. The van der Waals surface area contributed by atoms with E-state index >= 15 is 0 Å². The van der Waals surface area contributed by atoms with E-state index in [9.17, 15) is 18.0 Å². The van der Waals surface area contributed by atoms with Crippen molar-refractivity contribution in [2.75, 3.05) is 0 Å². The highest BCUT2D eigenvalue weighted by atomic mass is 19.4. The average Bonchev–Trinajstić information content (AvgIpc) is 2.38. The van der Waals surface area contributed by atoms with Gasteiger partial charge in [-0.3, -0.25) is 4.79 Å². The third-order valence-electron chi connectivity index (χ3n) is 4.56. The predicted molar refractivity (Wildman–Crippen MR) is 63.1 cm³/mol. The lowest BCUT2D eigenvalue weighted by Gasteiger charge is -2.34. The summed E-state index contributed by atoms with van der Waals surface area (Å²) in [6.07, 6.45) is 2.51. The molecule has 2 rings (SSSR count). The Labute approximate surface area is 106 Å². The molecule has 4 heteroatoms. The Kier molecular flexibility index (Phi) is 4.33. The van der Waals surface area contributed by atoms with Gasteiger partial charge in [0.1, 0.15) is 5.78 Å². The minimum absolute atomic E-state index is 0.0864. The molecule has 0 N–H and O–H groups in total. The van der Waals surface area contributed by atoms with Gasteiger partial charge in [0.25, 0.3) is 0 Å². The number of alkyl halides is 3. The van der Waals surface area contributed by atoms with Crippen LogP contribution in [-0.4, -0.2) is 12.0 Å². The standard InChI is InChI=1S/C14H21F3O/c15-14(16,17)12-9-5-4-8-11(12)13(18)10-6-2-1-3-7-10/h10-12H,1-9H2. The first-order chi connectivity index (χ1) is 8.50. The summed E-state index contributed by atoms with van der Waals surface area (Å²) in [5.41, 5.74) is 0. The molecule has 18 heavy (non-hydrogen) atoms. The predicted octanol–water partition coefficient (Wildman–Crippen LogP) is 4.50. The van der Waals surface area contributed by atoms with Crippen molar-refractivity contribution in [1.82, 2.24) is 0 Å². The summed E-state index contributed by atoms with van der Waals surface area (Å²) in [6, 6.07) is 0. The van der Waals surface area contributed by atoms with Gasteiger partial charge >= 0.3 is 6.18 Å². The first-order valence-corrected chi connectivity index (χ1v) is 7.10. The number of Topliss-reactive ketones (excluding diaryl/α,β-unsaturated/α-hetero) is 1. The summed E-state index contributed by atoms with van der Waals surface area (Å²) < 4.78 is 38.9. The molecule has 2 aliphatic carbocycles. The van der Waals surface area contributed by atoms with E-state index < -0.39 is 18.0 Å². The second-order valence-electron chi connectivity index (χ2n) is 5.78. The van der Waals surface area contributed by atoms with Crippen LogP contribution in [0.1, 0.15) is 57.8 Å². The fourth-order valence-electron chi connectivity index (χ4n) is 3.55. The Balaban J connectivity index is 2.05. The van der Waals surface area contributed by atoms with Gasteiger partial charge in [0.05, 0.1) is 5.92 Å². The number of ketones is 1. The van der Waals surface area contributed by atoms with Gasteiger partial charge in [-0.2, -0.15) is 13.2 Å². The normalized spacial score (nSPS) is 31.3. The monoisotopic (exact) mass is 262 g/mol. The largest absolute Gasteiger partial charge is 0.392 e. The second kappa shape index (κ2) is 5.62. The van der Waals surface area contributed by atoms with Crippen LogP contribution in [0.2, 0.25) is 0 Å². The summed E-state index contributed by atoms with van der Waals surface area (Å²) in [5, 5.41) is 0. The van der Waals surface area contributed by atoms with Crippen molar-refractivity contribution in [2.45, 2.75) is 64.0 Å². The van der Waals surface area contributed by atoms with Crippen molar-refractivity contribution < 1.29 is 18.0 Å². The topological polar surface area (TPSA) is 17.1 Å². The summed E-state index contributed by atoms with van der Waals surface area (Å²) in [4.78, 5) is 12.3. The first-order valence-electron chi connectivity index (χ1n) is 7.10. The van der Waals surface area contributed by atoms with Crippen LogP contribution >= 0.6 is 0 Å². The average molecular weight is 262 g/mol. The Morgan fingerprint density at radius 2 is 1.39 bits per heavy atom. The molecule has 0 amide bonds. The van der Waals surface area contributed by atoms with Gasteiger partial charge in [-0.15, -0.1) is 0 Å². The first kappa shape index (κ1) is 13.9. The van der Waals surface area contributed by atoms with Crippen LogP contribution in [0.4, 0.5) is 13.2 Å². The molecule has 1 nitrogen and oxygen atoms in total. The molecule has 0 spiro atoms. The summed E-state index contributed by atoms with van der Waals surface area (Å²) in [6.45, 7) is 0. The molecule has 2 unspecified atom stereocenters. The van der Waals surface area contributed by atoms with Crippen molar-refractivity contribution in [3.63, 3.8) is 0 Å². The highest BCUT2D eigenvalue weighted by molar-refractivity contribution is 5.84. The van der Waals surface area contributed by atoms with Crippen molar-refractivity contribution >= 4 is 5.78 Å². The molecule has 104 valence electrons. The van der Waals surface area contributed by atoms with Gasteiger partial charge in [0, 0.05) is 11.8 Å². The molecule has 2 saturated carbocycles. The zero-order chi connectivity index (χ0) is 13.2. The number of halogens is 3. The van der Waals surface area contributed by atoms with E-state index in [1.807, 2.05) is 0 Å². The van der Waals surface area contributed by atoms with Gasteiger partial charge in [-0.25, -0.2) is 0 Å². The SMILES string of the molecule is O=C(C1CCCCC1)C1CCCCC1C(F)(F)F. The maximum Gasteiger partial charge on any atom is 0.392 e. The van der Waals surface area contributed by atoms with Crippen LogP contribution in [0.25, 0.3) is 0 Å². The van der Waals surface area contributed by atoms with E-state index in [0.717, 1.165) is 38.5 Å². The lowest BCUT2D eigenvalue weighted by atomic mass is 9.71. The van der Waals surface area contributed by atoms with Crippen LogP contribution in [0.5, 0.6) is 0 Å². The van der Waals surface area contributed by atoms with Crippen molar-refractivity contribution in [3.05, 3.63) is 0 Å². The molecule has 0 aliphatic heterocycles. The highest BCUT2D eigenvalue weighted by Crippen LogP contribution is 2.43. The second-order valence-corrected chi connectivity index (χ2v) is 5.78. The molecule has 0 saturated heterocycles. The number of carbonyl (C=O) groups excluding carboxylic acids is 1. The summed E-state index contributed by atoms with van der Waals surface area (Å²) >= 11 is 0. The van der Waals surface area contributed by atoms with E-state index in [0.29, 0.717) is 12.8 Å². The lowest BCUT2D eigenvalue weighted by molar-refractivity contribution is -0.198. The van der Waals surface area contributed by atoms with Crippen LogP contribution in [0, 0.1) is 17.8 Å². The number of hydrogen-bond donors (Lipinski definition) is 0. The Hall–Kier alpha value is -0.540. The van der Waals surface area contributed by atoms with Crippen molar-refractivity contribution in [3.8, 4) is 0 Å². The van der Waals surface area contributed by atoms with Crippen LogP contribution in [-0.2, 0) is 4.79 Å². The Morgan fingerprint density at radius 1 is 0.833 bits per heavy atom. The molecule has 0 aromatic heterocycles. The zero-order valence-corrected chi connectivity index (χ0v) is 10.6. The minimum atomic E-state index is -4.20. The quantitative estimate of drug-likeness (QED) is 0.716. The van der Waals surface area contributed by atoms with E-state index in [1.165, 1.54) is 0 Å². The maximum atomic E-state index is 13.0. The molecule has 2 fully saturated rings. The van der Waals surface area contributed by atoms with Gasteiger partial charge in [-0.1, -0.05) is 32.1 Å². The van der Waals surface area contributed by atoms with Crippen LogP contribution in [0.3, 0.4) is 0 Å². The third-order valence-corrected chi connectivity index (χ3v) is 4.56. The van der Waals surface area contributed by atoms with E-state index in [1.54, 1.807) is 0 Å². The highest BCUT2D eigenvalue weighted by Gasteiger charge is 2.48. The number of hydrogen-bond acceptors (Lipinski definition) is 1. The van der Waals surface area contributed by atoms with Gasteiger partial charge in [-0.05, 0) is 25.7 Å². The number of rotatable bonds is 2. The molecule has 0 radical (unpaired) electrons. The van der Waals surface area contributed by atoms with Gasteiger partial charge < -0.3 is 0 Å². The van der Waals surface area contributed by atoms with E-state index in [2.05, 4.69) is 0 Å². The van der Waals surface area contributed by atoms with E-state index in [4.69, 9.17) is 0 Å².